The summed E-state index contributed by atoms with van der Waals surface area (Å²) < 4.78 is 11.1. The Balaban J connectivity index is 1.76. The second-order valence-corrected chi connectivity index (χ2v) is 5.07. The number of hydrogen-bond donors (Lipinski definition) is 1. The molecule has 0 bridgehead atoms. The molecule has 0 radical (unpaired) electrons. The number of rotatable bonds is 6. The van der Waals surface area contributed by atoms with Gasteiger partial charge in [0.1, 0.15) is 5.75 Å². The van der Waals surface area contributed by atoms with E-state index in [1.165, 1.54) is 5.56 Å². The monoisotopic (exact) mass is 250 g/mol. The lowest BCUT2D eigenvalue weighted by atomic mass is 10.1. The van der Waals surface area contributed by atoms with E-state index in [1.54, 1.807) is 0 Å². The van der Waals surface area contributed by atoms with Crippen LogP contribution in [0.2, 0.25) is 0 Å². The van der Waals surface area contributed by atoms with E-state index >= 15 is 0 Å². The van der Waals surface area contributed by atoms with Crippen molar-refractivity contribution in [2.45, 2.75) is 32.3 Å². The highest BCUT2D eigenvalue weighted by Gasteiger charge is 2.15. The zero-order valence-corrected chi connectivity index (χ0v) is 11.0. The number of aliphatic hydroxyl groups excluding tert-OH is 1. The Morgan fingerprint density at radius 1 is 1.39 bits per heavy atom. The summed E-state index contributed by atoms with van der Waals surface area (Å²) in [5, 5.41) is 9.24. The van der Waals surface area contributed by atoms with E-state index in [-0.39, 0.29) is 6.10 Å². The highest BCUT2D eigenvalue weighted by molar-refractivity contribution is 5.27. The average molecular weight is 250 g/mol. The summed E-state index contributed by atoms with van der Waals surface area (Å²) in [5.41, 5.74) is 1.24. The van der Waals surface area contributed by atoms with Crippen LogP contribution in [0, 0.1) is 5.92 Å². The first-order chi connectivity index (χ1) is 8.74. The number of aryl methyl sites for hydroxylation is 1. The van der Waals surface area contributed by atoms with E-state index in [2.05, 4.69) is 12.1 Å². The molecular formula is C15H22O3. The second-order valence-electron chi connectivity index (χ2n) is 5.07. The van der Waals surface area contributed by atoms with Crippen LogP contribution in [0.25, 0.3) is 0 Å². The van der Waals surface area contributed by atoms with Gasteiger partial charge < -0.3 is 14.6 Å². The van der Waals surface area contributed by atoms with Crippen molar-refractivity contribution in [1.29, 1.82) is 0 Å². The topological polar surface area (TPSA) is 38.7 Å². The second kappa shape index (κ2) is 6.76. The molecular weight excluding hydrogens is 228 g/mol. The van der Waals surface area contributed by atoms with Crippen LogP contribution >= 0.6 is 0 Å². The van der Waals surface area contributed by atoms with Gasteiger partial charge in [-0.05, 0) is 43.9 Å². The van der Waals surface area contributed by atoms with Gasteiger partial charge in [0.05, 0.1) is 19.3 Å². The molecule has 0 amide bonds. The van der Waals surface area contributed by atoms with Crippen molar-refractivity contribution in [2.75, 3.05) is 19.8 Å². The molecule has 1 heterocycles. The van der Waals surface area contributed by atoms with E-state index in [1.807, 2.05) is 19.1 Å². The summed E-state index contributed by atoms with van der Waals surface area (Å²) in [5.74, 6) is 1.46. The van der Waals surface area contributed by atoms with Crippen molar-refractivity contribution in [1.82, 2.24) is 0 Å². The van der Waals surface area contributed by atoms with Crippen molar-refractivity contribution < 1.29 is 14.6 Å². The molecule has 1 aromatic rings. The van der Waals surface area contributed by atoms with Crippen LogP contribution in [-0.4, -0.2) is 31.0 Å². The standard InChI is InChI=1S/C15H22O3/c1-12(16)2-3-13-4-6-15(7-5-13)18-11-14-8-9-17-10-14/h4-7,12,14,16H,2-3,8-11H2,1H3. The molecule has 100 valence electrons. The summed E-state index contributed by atoms with van der Waals surface area (Å²) in [7, 11) is 0. The minimum Gasteiger partial charge on any atom is -0.493 e. The van der Waals surface area contributed by atoms with Crippen LogP contribution in [0.5, 0.6) is 5.75 Å². The van der Waals surface area contributed by atoms with Gasteiger partial charge in [0, 0.05) is 12.5 Å². The number of hydrogen-bond acceptors (Lipinski definition) is 3. The normalized spacial score (nSPS) is 20.9. The van der Waals surface area contributed by atoms with E-state index in [0.29, 0.717) is 5.92 Å². The lowest BCUT2D eigenvalue weighted by Crippen LogP contribution is -2.11. The largest absolute Gasteiger partial charge is 0.493 e. The zero-order valence-electron chi connectivity index (χ0n) is 11.0. The van der Waals surface area contributed by atoms with E-state index in [9.17, 15) is 5.11 Å². The third-order valence-corrected chi connectivity index (χ3v) is 3.28. The van der Waals surface area contributed by atoms with Crippen LogP contribution in [0.3, 0.4) is 0 Å². The predicted octanol–water partition coefficient (Wildman–Crippen LogP) is 2.42. The van der Waals surface area contributed by atoms with Gasteiger partial charge in [0.25, 0.3) is 0 Å². The number of benzene rings is 1. The van der Waals surface area contributed by atoms with Gasteiger partial charge in [-0.2, -0.15) is 0 Å². The van der Waals surface area contributed by atoms with Gasteiger partial charge in [-0.3, -0.25) is 0 Å². The van der Waals surface area contributed by atoms with Crippen LogP contribution < -0.4 is 4.74 Å². The number of ether oxygens (including phenoxy) is 2. The average Bonchev–Trinajstić information content (AvgIpc) is 2.88. The molecule has 0 aromatic heterocycles. The van der Waals surface area contributed by atoms with E-state index in [4.69, 9.17) is 9.47 Å². The SMILES string of the molecule is CC(O)CCc1ccc(OCC2CCOC2)cc1. The first-order valence-corrected chi connectivity index (χ1v) is 6.71. The van der Waals surface area contributed by atoms with Crippen molar-refractivity contribution in [2.24, 2.45) is 5.92 Å². The first-order valence-electron chi connectivity index (χ1n) is 6.71. The molecule has 1 aliphatic rings. The van der Waals surface area contributed by atoms with Crippen LogP contribution in [-0.2, 0) is 11.2 Å². The molecule has 1 aromatic carbocycles. The quantitative estimate of drug-likeness (QED) is 0.842. The maximum Gasteiger partial charge on any atom is 0.119 e. The molecule has 2 unspecified atom stereocenters. The Morgan fingerprint density at radius 2 is 2.17 bits per heavy atom. The molecule has 0 aliphatic carbocycles. The molecule has 1 aliphatic heterocycles. The van der Waals surface area contributed by atoms with Gasteiger partial charge >= 0.3 is 0 Å². The molecule has 3 heteroatoms. The lowest BCUT2D eigenvalue weighted by molar-refractivity contribution is 0.167. The third kappa shape index (κ3) is 4.31. The van der Waals surface area contributed by atoms with Gasteiger partial charge in [0.15, 0.2) is 0 Å². The third-order valence-electron chi connectivity index (χ3n) is 3.28. The summed E-state index contributed by atoms with van der Waals surface area (Å²) in [6.45, 7) is 4.26. The fourth-order valence-corrected chi connectivity index (χ4v) is 2.06. The zero-order chi connectivity index (χ0) is 12.8. The molecule has 18 heavy (non-hydrogen) atoms. The maximum atomic E-state index is 9.24. The van der Waals surface area contributed by atoms with Crippen molar-refractivity contribution >= 4 is 0 Å². The van der Waals surface area contributed by atoms with Crippen LogP contribution in [0.15, 0.2) is 24.3 Å². The highest BCUT2D eigenvalue weighted by Crippen LogP contribution is 2.17. The van der Waals surface area contributed by atoms with E-state index in [0.717, 1.165) is 44.8 Å². The van der Waals surface area contributed by atoms with Crippen LogP contribution in [0.1, 0.15) is 25.3 Å². The van der Waals surface area contributed by atoms with E-state index < -0.39 is 0 Å². The Hall–Kier alpha value is -1.06. The van der Waals surface area contributed by atoms with Gasteiger partial charge in [-0.1, -0.05) is 12.1 Å². The maximum absolute atomic E-state index is 9.24. The minimum atomic E-state index is -0.233. The molecule has 1 fully saturated rings. The van der Waals surface area contributed by atoms with Gasteiger partial charge in [0.2, 0.25) is 0 Å². The summed E-state index contributed by atoms with van der Waals surface area (Å²) in [4.78, 5) is 0. The highest BCUT2D eigenvalue weighted by atomic mass is 16.5. The molecule has 1 saturated heterocycles. The first kappa shape index (κ1) is 13.4. The van der Waals surface area contributed by atoms with Gasteiger partial charge in [-0.25, -0.2) is 0 Å². The van der Waals surface area contributed by atoms with Crippen molar-refractivity contribution in [3.63, 3.8) is 0 Å². The Kier molecular flexibility index (Phi) is 5.02. The fourth-order valence-electron chi connectivity index (χ4n) is 2.06. The molecule has 1 N–H and O–H groups in total. The Morgan fingerprint density at radius 3 is 2.78 bits per heavy atom. The molecule has 0 saturated carbocycles. The smallest absolute Gasteiger partial charge is 0.119 e. The molecule has 2 atom stereocenters. The van der Waals surface area contributed by atoms with Gasteiger partial charge in [-0.15, -0.1) is 0 Å². The van der Waals surface area contributed by atoms with Crippen molar-refractivity contribution in [3.8, 4) is 5.75 Å². The summed E-state index contributed by atoms with van der Waals surface area (Å²) >= 11 is 0. The lowest BCUT2D eigenvalue weighted by Gasteiger charge is -2.11. The predicted molar refractivity (Wildman–Crippen MR) is 70.9 cm³/mol. The molecule has 2 rings (SSSR count). The summed E-state index contributed by atoms with van der Waals surface area (Å²) in [6.07, 6.45) is 2.59. The minimum absolute atomic E-state index is 0.233. The molecule has 0 spiro atoms. The Bertz CT molecular complexity index is 339. The Labute approximate surface area is 109 Å². The van der Waals surface area contributed by atoms with Crippen molar-refractivity contribution in [3.05, 3.63) is 29.8 Å². The van der Waals surface area contributed by atoms with Crippen LogP contribution in [0.4, 0.5) is 0 Å². The summed E-state index contributed by atoms with van der Waals surface area (Å²) in [6, 6.07) is 8.16. The number of aliphatic hydroxyl groups is 1. The fraction of sp³-hybridized carbons (Fsp3) is 0.600. The molecule has 3 nitrogen and oxygen atoms in total.